The van der Waals surface area contributed by atoms with E-state index in [-0.39, 0.29) is 6.10 Å². The second kappa shape index (κ2) is 9.09. The van der Waals surface area contributed by atoms with Crippen molar-refractivity contribution in [2.45, 2.75) is 74.5 Å². The highest BCUT2D eigenvalue weighted by Crippen LogP contribution is 2.36. The zero-order valence-electron chi connectivity index (χ0n) is 15.8. The van der Waals surface area contributed by atoms with Crippen LogP contribution in [-0.4, -0.2) is 64.0 Å². The Labute approximate surface area is 163 Å². The molecule has 0 aromatic heterocycles. The second-order valence-corrected chi connectivity index (χ2v) is 8.64. The molecule has 5 nitrogen and oxygen atoms in total. The van der Waals surface area contributed by atoms with Crippen LogP contribution in [0.5, 0.6) is 5.75 Å². The van der Waals surface area contributed by atoms with Crippen molar-refractivity contribution >= 4 is 11.8 Å². The maximum atomic E-state index is 13.1. The highest BCUT2D eigenvalue weighted by Gasteiger charge is 2.44. The summed E-state index contributed by atoms with van der Waals surface area (Å²) in [6.07, 6.45) is 0.255. The molecule has 3 N–H and O–H groups in total. The number of thioether (sulfide) groups is 1. The summed E-state index contributed by atoms with van der Waals surface area (Å²) >= 11 is 1.91. The maximum Gasteiger partial charge on any atom is 0.122 e. The highest BCUT2D eigenvalue weighted by molar-refractivity contribution is 7.99. The zero-order valence-corrected chi connectivity index (χ0v) is 16.6. The summed E-state index contributed by atoms with van der Waals surface area (Å²) in [6, 6.07) is 5.44. The van der Waals surface area contributed by atoms with E-state index in [1.54, 1.807) is 12.1 Å². The van der Waals surface area contributed by atoms with Crippen molar-refractivity contribution in [3.05, 3.63) is 29.3 Å². The largest absolute Gasteiger partial charge is 0.490 e. The molecule has 2 aliphatic rings. The number of rotatable bonds is 5. The molecule has 0 amide bonds. The van der Waals surface area contributed by atoms with Crippen LogP contribution >= 0.6 is 11.8 Å². The maximum absolute atomic E-state index is 13.1. The smallest absolute Gasteiger partial charge is 0.122 e. The van der Waals surface area contributed by atoms with E-state index >= 15 is 0 Å². The fraction of sp³-hybridized carbons (Fsp3) is 0.700. The van der Waals surface area contributed by atoms with Gasteiger partial charge in [-0.05, 0) is 56.1 Å². The Morgan fingerprint density at radius 2 is 1.81 bits per heavy atom. The third-order valence-electron chi connectivity index (χ3n) is 5.65. The molecule has 1 heterocycles. The lowest BCUT2D eigenvalue weighted by Gasteiger charge is -2.40. The molecule has 3 rings (SSSR count). The van der Waals surface area contributed by atoms with Gasteiger partial charge in [0.1, 0.15) is 42.9 Å². The average molecular weight is 401 g/mol. The monoisotopic (exact) mass is 400 g/mol. The molecule has 0 spiro atoms. The van der Waals surface area contributed by atoms with Gasteiger partial charge in [-0.2, -0.15) is 11.8 Å². The van der Waals surface area contributed by atoms with Crippen LogP contribution in [0.25, 0.3) is 0 Å². The minimum absolute atomic E-state index is 0.158. The number of hydrogen-bond donors (Lipinski definition) is 3. The molecule has 1 aliphatic carbocycles. The third kappa shape index (κ3) is 4.59. The summed E-state index contributed by atoms with van der Waals surface area (Å²) in [5.74, 6) is 0.716. The Balaban J connectivity index is 1.74. The first-order valence-corrected chi connectivity index (χ1v) is 10.8. The quantitative estimate of drug-likeness (QED) is 0.705. The molecule has 1 saturated carbocycles. The van der Waals surface area contributed by atoms with Crippen LogP contribution in [0.15, 0.2) is 18.2 Å². The summed E-state index contributed by atoms with van der Waals surface area (Å²) in [7, 11) is 0. The standard InChI is InChI=1S/C20H29FO5S/c1-11-3-4-12(20-19(24)18(23)17(22)16(10-21)26-20)9-15(11)25-13-5-7-14(27-2)8-6-13/h3-4,9,13-14,16-20,22-24H,5-8,10H2,1-2H3/t13?,14?,16-,17-,18+,19-,20+/m1/s1. The number of alkyl halides is 1. The molecule has 1 saturated heterocycles. The minimum Gasteiger partial charge on any atom is -0.490 e. The molecule has 1 aromatic rings. The Kier molecular flexibility index (Phi) is 7.03. The van der Waals surface area contributed by atoms with Crippen LogP contribution in [0.3, 0.4) is 0 Å². The Hall–Kier alpha value is -0.860. The van der Waals surface area contributed by atoms with Crippen molar-refractivity contribution in [2.24, 2.45) is 0 Å². The molecule has 27 heavy (non-hydrogen) atoms. The first-order valence-electron chi connectivity index (χ1n) is 9.50. The topological polar surface area (TPSA) is 79.2 Å². The first kappa shape index (κ1) is 20.9. The lowest BCUT2D eigenvalue weighted by Crippen LogP contribution is -2.54. The number of aliphatic hydroxyl groups is 3. The van der Waals surface area contributed by atoms with E-state index in [0.717, 1.165) is 31.2 Å². The normalized spacial score (nSPS) is 37.2. The molecule has 152 valence electrons. The summed E-state index contributed by atoms with van der Waals surface area (Å²) in [6.45, 7) is 1.02. The second-order valence-electron chi connectivity index (χ2n) is 7.50. The van der Waals surface area contributed by atoms with Crippen molar-refractivity contribution in [1.82, 2.24) is 0 Å². The average Bonchev–Trinajstić information content (AvgIpc) is 2.69. The van der Waals surface area contributed by atoms with E-state index in [4.69, 9.17) is 9.47 Å². The van der Waals surface area contributed by atoms with Gasteiger partial charge in [0, 0.05) is 5.25 Å². The lowest BCUT2D eigenvalue weighted by molar-refractivity contribution is -0.227. The van der Waals surface area contributed by atoms with Gasteiger partial charge >= 0.3 is 0 Å². The van der Waals surface area contributed by atoms with Crippen molar-refractivity contribution in [2.75, 3.05) is 12.9 Å². The number of ether oxygens (including phenoxy) is 2. The Morgan fingerprint density at radius 3 is 2.44 bits per heavy atom. The minimum atomic E-state index is -1.46. The summed E-state index contributed by atoms with van der Waals surface area (Å²) in [5, 5.41) is 30.9. The zero-order chi connectivity index (χ0) is 19.6. The molecule has 1 aliphatic heterocycles. The predicted molar refractivity (Wildman–Crippen MR) is 103 cm³/mol. The summed E-state index contributed by atoms with van der Waals surface area (Å²) in [4.78, 5) is 0. The summed E-state index contributed by atoms with van der Waals surface area (Å²) in [5.41, 5.74) is 1.57. The van der Waals surface area contributed by atoms with E-state index in [0.29, 0.717) is 16.6 Å². The van der Waals surface area contributed by atoms with Crippen molar-refractivity contribution < 1.29 is 29.2 Å². The van der Waals surface area contributed by atoms with Crippen molar-refractivity contribution in [3.63, 3.8) is 0 Å². The van der Waals surface area contributed by atoms with Gasteiger partial charge in [-0.3, -0.25) is 0 Å². The van der Waals surface area contributed by atoms with E-state index in [9.17, 15) is 19.7 Å². The van der Waals surface area contributed by atoms with Crippen LogP contribution in [0, 0.1) is 6.92 Å². The van der Waals surface area contributed by atoms with Crippen molar-refractivity contribution in [1.29, 1.82) is 0 Å². The van der Waals surface area contributed by atoms with Gasteiger partial charge in [0.25, 0.3) is 0 Å². The van der Waals surface area contributed by atoms with Crippen LogP contribution in [0.4, 0.5) is 4.39 Å². The van der Waals surface area contributed by atoms with Crippen LogP contribution in [0.1, 0.15) is 42.9 Å². The van der Waals surface area contributed by atoms with Gasteiger partial charge in [-0.15, -0.1) is 0 Å². The summed E-state index contributed by atoms with van der Waals surface area (Å²) < 4.78 is 24.9. The van der Waals surface area contributed by atoms with E-state index in [1.165, 1.54) is 0 Å². The molecule has 0 unspecified atom stereocenters. The molecule has 2 fully saturated rings. The van der Waals surface area contributed by atoms with Gasteiger partial charge in [0.2, 0.25) is 0 Å². The van der Waals surface area contributed by atoms with E-state index in [1.807, 2.05) is 24.8 Å². The molecule has 5 atom stereocenters. The molecule has 0 bridgehead atoms. The third-order valence-corrected chi connectivity index (χ3v) is 6.79. The Bertz CT molecular complexity index is 620. The first-order chi connectivity index (χ1) is 12.9. The van der Waals surface area contributed by atoms with Gasteiger partial charge in [0.15, 0.2) is 0 Å². The van der Waals surface area contributed by atoms with Gasteiger partial charge in [-0.1, -0.05) is 12.1 Å². The van der Waals surface area contributed by atoms with Crippen LogP contribution in [-0.2, 0) is 4.74 Å². The molecular weight excluding hydrogens is 371 g/mol. The van der Waals surface area contributed by atoms with E-state index in [2.05, 4.69) is 6.26 Å². The number of aryl methyl sites for hydroxylation is 1. The fourth-order valence-electron chi connectivity index (χ4n) is 3.84. The number of halogens is 1. The van der Waals surface area contributed by atoms with Gasteiger partial charge in [-0.25, -0.2) is 4.39 Å². The molecule has 7 heteroatoms. The predicted octanol–water partition coefficient (Wildman–Crippen LogP) is 2.54. The number of hydrogen-bond acceptors (Lipinski definition) is 6. The number of benzene rings is 1. The van der Waals surface area contributed by atoms with Gasteiger partial charge in [0.05, 0.1) is 6.10 Å². The fourth-order valence-corrected chi connectivity index (χ4v) is 4.58. The van der Waals surface area contributed by atoms with Crippen molar-refractivity contribution in [3.8, 4) is 5.75 Å². The highest BCUT2D eigenvalue weighted by atomic mass is 32.2. The van der Waals surface area contributed by atoms with Gasteiger partial charge < -0.3 is 24.8 Å². The molecule has 1 aromatic carbocycles. The van der Waals surface area contributed by atoms with Crippen LogP contribution in [0.2, 0.25) is 0 Å². The molecular formula is C20H29FO5S. The van der Waals surface area contributed by atoms with Crippen LogP contribution < -0.4 is 4.74 Å². The lowest BCUT2D eigenvalue weighted by atomic mass is 9.91. The SMILES string of the molecule is CSC1CCC(Oc2cc([C@@H]3O[C@H](CF)[C@@H](O)[C@H](O)[C@H]3O)ccc2C)CC1. The number of aliphatic hydroxyl groups excluding tert-OH is 3. The van der Waals surface area contributed by atoms with E-state index < -0.39 is 37.2 Å². The molecule has 0 radical (unpaired) electrons. The Morgan fingerprint density at radius 1 is 1.11 bits per heavy atom.